The lowest BCUT2D eigenvalue weighted by molar-refractivity contribution is 0.865. The second-order valence-corrected chi connectivity index (χ2v) is 5.55. The quantitative estimate of drug-likeness (QED) is 0.552. The van der Waals surface area contributed by atoms with Gasteiger partial charge in [0.2, 0.25) is 0 Å². The van der Waals surface area contributed by atoms with Crippen LogP contribution in [0.5, 0.6) is 0 Å². The van der Waals surface area contributed by atoms with Crippen LogP contribution in [0.4, 0.5) is 22.7 Å². The van der Waals surface area contributed by atoms with Crippen molar-refractivity contribution in [2.75, 3.05) is 22.9 Å². The highest BCUT2D eigenvalue weighted by Crippen LogP contribution is 2.31. The molecule has 0 aliphatic carbocycles. The van der Waals surface area contributed by atoms with Gasteiger partial charge >= 0.3 is 0 Å². The molecule has 118 valence electrons. The summed E-state index contributed by atoms with van der Waals surface area (Å²) in [6.07, 6.45) is 1.61. The molecule has 2 rings (SSSR count). The average molecular weight is 299 g/mol. The highest BCUT2D eigenvalue weighted by atomic mass is 14.7. The summed E-state index contributed by atoms with van der Waals surface area (Å²) < 4.78 is 0. The Kier molecular flexibility index (Phi) is 4.47. The first-order chi connectivity index (χ1) is 10.4. The molecular weight excluding hydrogens is 274 g/mol. The molecule has 0 aliphatic heterocycles. The Labute approximate surface area is 131 Å². The van der Waals surface area contributed by atoms with Crippen molar-refractivity contribution in [3.8, 4) is 0 Å². The van der Waals surface area contributed by atoms with Gasteiger partial charge in [-0.05, 0) is 47.2 Å². The van der Waals surface area contributed by atoms with E-state index >= 15 is 0 Å². The maximum absolute atomic E-state index is 6.41. The van der Waals surface area contributed by atoms with Crippen LogP contribution >= 0.6 is 0 Å². The molecule has 10 N–H and O–H groups in total. The standard InChI is InChI=1S/C17H25N5/c1-3-9-5-11(7-13(18)16(9)21)15(20)12-6-10(4-2)17(22)14(19)8-12/h5-8,15H,3-4,18-22H2,1-2H3. The summed E-state index contributed by atoms with van der Waals surface area (Å²) in [5.74, 6) is 0. The molecule has 0 atom stereocenters. The Morgan fingerprint density at radius 2 is 1.09 bits per heavy atom. The smallest absolute Gasteiger partial charge is 0.0580 e. The van der Waals surface area contributed by atoms with Gasteiger partial charge in [0.15, 0.2) is 0 Å². The Morgan fingerprint density at radius 1 is 0.727 bits per heavy atom. The van der Waals surface area contributed by atoms with Crippen molar-refractivity contribution in [2.45, 2.75) is 32.7 Å². The second kappa shape index (κ2) is 6.15. The van der Waals surface area contributed by atoms with Gasteiger partial charge in [-0.1, -0.05) is 26.0 Å². The van der Waals surface area contributed by atoms with Gasteiger partial charge in [-0.25, -0.2) is 0 Å². The maximum Gasteiger partial charge on any atom is 0.0580 e. The second-order valence-electron chi connectivity index (χ2n) is 5.55. The van der Waals surface area contributed by atoms with Crippen molar-refractivity contribution in [3.63, 3.8) is 0 Å². The number of aryl methyl sites for hydroxylation is 2. The summed E-state index contributed by atoms with van der Waals surface area (Å²) >= 11 is 0. The van der Waals surface area contributed by atoms with Crippen LogP contribution in [0.25, 0.3) is 0 Å². The normalized spacial score (nSPS) is 11.1. The number of nitrogen functional groups attached to an aromatic ring is 4. The molecule has 0 unspecified atom stereocenters. The lowest BCUT2D eigenvalue weighted by Crippen LogP contribution is -2.15. The minimum absolute atomic E-state index is 0.318. The predicted octanol–water partition coefficient (Wildman–Crippen LogP) is 2.19. The van der Waals surface area contributed by atoms with E-state index in [2.05, 4.69) is 0 Å². The summed E-state index contributed by atoms with van der Waals surface area (Å²) in [5.41, 5.74) is 36.6. The first-order valence-electron chi connectivity index (χ1n) is 7.50. The molecule has 2 aromatic carbocycles. The zero-order valence-electron chi connectivity index (χ0n) is 13.2. The molecule has 2 aromatic rings. The Bertz CT molecular complexity index is 634. The first kappa shape index (κ1) is 16.0. The van der Waals surface area contributed by atoms with E-state index in [0.29, 0.717) is 22.7 Å². The van der Waals surface area contributed by atoms with Gasteiger partial charge in [0.05, 0.1) is 28.8 Å². The molecule has 0 saturated carbocycles. The zero-order valence-corrected chi connectivity index (χ0v) is 13.2. The summed E-state index contributed by atoms with van der Waals surface area (Å²) in [4.78, 5) is 0. The van der Waals surface area contributed by atoms with Crippen molar-refractivity contribution < 1.29 is 0 Å². The largest absolute Gasteiger partial charge is 0.397 e. The highest BCUT2D eigenvalue weighted by Gasteiger charge is 2.15. The molecule has 0 fully saturated rings. The van der Waals surface area contributed by atoms with E-state index in [-0.39, 0.29) is 6.04 Å². The number of hydrogen-bond acceptors (Lipinski definition) is 5. The van der Waals surface area contributed by atoms with Gasteiger partial charge < -0.3 is 28.7 Å². The van der Waals surface area contributed by atoms with E-state index in [0.717, 1.165) is 35.1 Å². The first-order valence-corrected chi connectivity index (χ1v) is 7.50. The molecule has 0 saturated heterocycles. The number of hydrogen-bond donors (Lipinski definition) is 5. The molecule has 22 heavy (non-hydrogen) atoms. The monoisotopic (exact) mass is 299 g/mol. The van der Waals surface area contributed by atoms with Crippen molar-refractivity contribution in [3.05, 3.63) is 46.5 Å². The van der Waals surface area contributed by atoms with Gasteiger partial charge in [0, 0.05) is 0 Å². The SMILES string of the molecule is CCc1cc(C(N)c2cc(N)c(N)c(CC)c2)cc(N)c1N. The van der Waals surface area contributed by atoms with Gasteiger partial charge in [-0.2, -0.15) is 0 Å². The van der Waals surface area contributed by atoms with Crippen LogP contribution in [0.1, 0.15) is 42.1 Å². The molecule has 0 spiro atoms. The Balaban J connectivity index is 2.50. The number of benzene rings is 2. The highest BCUT2D eigenvalue weighted by molar-refractivity contribution is 5.71. The van der Waals surface area contributed by atoms with E-state index in [1.54, 1.807) is 0 Å². The number of nitrogens with two attached hydrogens (primary N) is 5. The molecule has 0 aliphatic rings. The van der Waals surface area contributed by atoms with Crippen LogP contribution in [-0.4, -0.2) is 0 Å². The van der Waals surface area contributed by atoms with Gasteiger partial charge in [-0.3, -0.25) is 0 Å². The summed E-state index contributed by atoms with van der Waals surface area (Å²) in [7, 11) is 0. The topological polar surface area (TPSA) is 130 Å². The Morgan fingerprint density at radius 3 is 1.41 bits per heavy atom. The van der Waals surface area contributed by atoms with Crippen LogP contribution in [0.3, 0.4) is 0 Å². The van der Waals surface area contributed by atoms with E-state index in [9.17, 15) is 0 Å². The third-order valence-corrected chi connectivity index (χ3v) is 4.12. The van der Waals surface area contributed by atoms with Crippen molar-refractivity contribution in [1.29, 1.82) is 0 Å². The molecule has 0 aromatic heterocycles. The fraction of sp³-hybridized carbons (Fsp3) is 0.294. The lowest BCUT2D eigenvalue weighted by Gasteiger charge is -2.19. The molecule has 0 heterocycles. The summed E-state index contributed by atoms with van der Waals surface area (Å²) in [6.45, 7) is 4.08. The average Bonchev–Trinajstić information content (AvgIpc) is 2.51. The van der Waals surface area contributed by atoms with Crippen LogP contribution < -0.4 is 28.7 Å². The third kappa shape index (κ3) is 2.80. The van der Waals surface area contributed by atoms with Crippen LogP contribution in [0.2, 0.25) is 0 Å². The zero-order chi connectivity index (χ0) is 16.4. The predicted molar refractivity (Wildman–Crippen MR) is 95.3 cm³/mol. The molecule has 5 nitrogen and oxygen atoms in total. The van der Waals surface area contributed by atoms with Crippen molar-refractivity contribution in [2.24, 2.45) is 5.73 Å². The molecular formula is C17H25N5. The molecule has 0 radical (unpaired) electrons. The minimum atomic E-state index is -0.318. The molecule has 5 heteroatoms. The summed E-state index contributed by atoms with van der Waals surface area (Å²) in [6, 6.07) is 7.36. The Hall–Kier alpha value is -2.40. The van der Waals surface area contributed by atoms with E-state index in [1.807, 2.05) is 38.1 Å². The van der Waals surface area contributed by atoms with Gasteiger partial charge in [-0.15, -0.1) is 0 Å². The van der Waals surface area contributed by atoms with Crippen LogP contribution in [-0.2, 0) is 12.8 Å². The van der Waals surface area contributed by atoms with E-state index < -0.39 is 0 Å². The number of rotatable bonds is 4. The van der Waals surface area contributed by atoms with Crippen molar-refractivity contribution >= 4 is 22.7 Å². The lowest BCUT2D eigenvalue weighted by atomic mass is 9.93. The van der Waals surface area contributed by atoms with Gasteiger partial charge in [0.25, 0.3) is 0 Å². The third-order valence-electron chi connectivity index (χ3n) is 4.12. The van der Waals surface area contributed by atoms with Crippen molar-refractivity contribution in [1.82, 2.24) is 0 Å². The fourth-order valence-electron chi connectivity index (χ4n) is 2.66. The van der Waals surface area contributed by atoms with Gasteiger partial charge in [0.1, 0.15) is 0 Å². The number of anilines is 4. The maximum atomic E-state index is 6.41. The minimum Gasteiger partial charge on any atom is -0.397 e. The van der Waals surface area contributed by atoms with E-state index in [4.69, 9.17) is 28.7 Å². The molecule has 0 bridgehead atoms. The van der Waals surface area contributed by atoms with Crippen LogP contribution in [0.15, 0.2) is 24.3 Å². The van der Waals surface area contributed by atoms with Crippen LogP contribution in [0, 0.1) is 0 Å². The van der Waals surface area contributed by atoms with E-state index in [1.165, 1.54) is 0 Å². The molecule has 0 amide bonds. The fourth-order valence-corrected chi connectivity index (χ4v) is 2.66. The summed E-state index contributed by atoms with van der Waals surface area (Å²) in [5, 5.41) is 0.